The number of β-lactam (4-membered cyclic amide) rings is 1. The van der Waals surface area contributed by atoms with Crippen molar-refractivity contribution >= 4 is 17.8 Å². The van der Waals surface area contributed by atoms with Gasteiger partial charge in [0.05, 0.1) is 13.2 Å². The molecule has 3 atom stereocenters. The zero-order valence-corrected chi connectivity index (χ0v) is 11.3. The van der Waals surface area contributed by atoms with Crippen LogP contribution in [-0.4, -0.2) is 64.6 Å². The lowest BCUT2D eigenvalue weighted by atomic mass is 9.81. The van der Waals surface area contributed by atoms with Crippen LogP contribution in [0.5, 0.6) is 0 Å². The number of carboxylic acids is 1. The maximum Gasteiger partial charge on any atom is 0.471 e. The average Bonchev–Trinajstić information content (AvgIpc) is 2.79. The first-order valence-electron chi connectivity index (χ1n) is 6.39. The first-order chi connectivity index (χ1) is 10.2. The lowest BCUT2D eigenvalue weighted by Gasteiger charge is -2.49. The molecule has 0 aromatic heterocycles. The van der Waals surface area contributed by atoms with Gasteiger partial charge < -0.3 is 14.7 Å². The van der Waals surface area contributed by atoms with Crippen molar-refractivity contribution in [1.29, 1.82) is 0 Å². The number of hydrogen-bond donors (Lipinski definition) is 1. The maximum atomic E-state index is 12.6. The van der Waals surface area contributed by atoms with Gasteiger partial charge in [-0.3, -0.25) is 14.5 Å². The van der Waals surface area contributed by atoms with Gasteiger partial charge in [-0.25, -0.2) is 4.79 Å². The fourth-order valence-electron chi connectivity index (χ4n) is 3.44. The highest BCUT2D eigenvalue weighted by molar-refractivity contribution is 6.02. The van der Waals surface area contributed by atoms with Crippen LogP contribution in [0.25, 0.3) is 0 Å². The van der Waals surface area contributed by atoms with E-state index < -0.39 is 42.0 Å². The van der Waals surface area contributed by atoms with E-state index in [-0.39, 0.29) is 24.4 Å². The van der Waals surface area contributed by atoms with E-state index in [1.165, 1.54) is 7.11 Å². The van der Waals surface area contributed by atoms with Crippen LogP contribution in [0.2, 0.25) is 0 Å². The number of rotatable bonds is 2. The summed E-state index contributed by atoms with van der Waals surface area (Å²) >= 11 is 0. The number of nitrogens with zero attached hydrogens (tertiary/aromatic N) is 2. The summed E-state index contributed by atoms with van der Waals surface area (Å²) in [6, 6.07) is -1.98. The van der Waals surface area contributed by atoms with Crippen LogP contribution in [0.1, 0.15) is 6.42 Å². The van der Waals surface area contributed by atoms with Gasteiger partial charge in [0.1, 0.15) is 11.8 Å². The molecule has 2 amide bonds. The van der Waals surface area contributed by atoms with Crippen molar-refractivity contribution in [2.45, 2.75) is 24.7 Å². The van der Waals surface area contributed by atoms with E-state index in [4.69, 9.17) is 4.74 Å². The van der Waals surface area contributed by atoms with E-state index in [0.29, 0.717) is 4.90 Å². The minimum absolute atomic E-state index is 0.0295. The summed E-state index contributed by atoms with van der Waals surface area (Å²) in [5.74, 6) is -4.72. The average molecular weight is 320 g/mol. The second-order valence-corrected chi connectivity index (χ2v) is 5.34. The standard InChI is InChI=1S/C12H11F3N2O5/c1-22-5-2-4-3-16(11(21)12(13,14)15)8-6(4)17(9(8)18)7(5)10(19)20/h4,6,8H,2-3H2,1H3,(H,19,20)/t4-,6-,8+/m1/s1. The topological polar surface area (TPSA) is 87.2 Å². The van der Waals surface area contributed by atoms with Gasteiger partial charge >= 0.3 is 18.1 Å². The number of hydrogen-bond acceptors (Lipinski definition) is 4. The van der Waals surface area contributed by atoms with Gasteiger partial charge in [0, 0.05) is 18.9 Å². The molecule has 1 N–H and O–H groups in total. The van der Waals surface area contributed by atoms with Gasteiger partial charge in [-0.15, -0.1) is 0 Å². The zero-order valence-electron chi connectivity index (χ0n) is 11.3. The summed E-state index contributed by atoms with van der Waals surface area (Å²) in [4.78, 5) is 36.2. The third kappa shape index (κ3) is 1.72. The van der Waals surface area contributed by atoms with E-state index in [0.717, 1.165) is 4.90 Å². The molecule has 22 heavy (non-hydrogen) atoms. The first kappa shape index (κ1) is 14.7. The highest BCUT2D eigenvalue weighted by Crippen LogP contribution is 2.47. The van der Waals surface area contributed by atoms with Gasteiger partial charge in [-0.2, -0.15) is 13.2 Å². The van der Waals surface area contributed by atoms with Gasteiger partial charge in [-0.1, -0.05) is 0 Å². The SMILES string of the molecule is COC1=C(C(=O)O)N2C(=O)[C@@H]3[C@H]2[C@H](C1)CN3C(=O)C(F)(F)F. The molecule has 7 nitrogen and oxygen atoms in total. The molecule has 120 valence electrons. The van der Waals surface area contributed by atoms with Crippen LogP contribution >= 0.6 is 0 Å². The summed E-state index contributed by atoms with van der Waals surface area (Å²) in [5, 5.41) is 9.18. The van der Waals surface area contributed by atoms with Crippen molar-refractivity contribution < 1.29 is 37.4 Å². The molecular formula is C12H11F3N2O5. The Labute approximate surface area is 121 Å². The molecule has 3 aliphatic heterocycles. The Hall–Kier alpha value is -2.26. The second kappa shape index (κ2) is 4.37. The largest absolute Gasteiger partial charge is 0.499 e. The highest BCUT2D eigenvalue weighted by Gasteiger charge is 2.66. The number of methoxy groups -OCH3 is 1. The molecule has 0 aliphatic carbocycles. The number of alkyl halides is 3. The number of aliphatic carboxylic acids is 1. The Kier molecular flexibility index (Phi) is 2.91. The molecule has 3 rings (SSSR count). The molecule has 0 saturated carbocycles. The summed E-state index contributed by atoms with van der Waals surface area (Å²) < 4.78 is 42.8. The molecule has 3 heterocycles. The quantitative estimate of drug-likeness (QED) is 0.720. The highest BCUT2D eigenvalue weighted by atomic mass is 19.4. The number of carbonyl (C=O) groups is 3. The van der Waals surface area contributed by atoms with Crippen molar-refractivity contribution in [3.05, 3.63) is 11.5 Å². The second-order valence-electron chi connectivity index (χ2n) is 5.34. The zero-order chi connectivity index (χ0) is 16.4. The van der Waals surface area contributed by atoms with E-state index in [1.54, 1.807) is 0 Å². The van der Waals surface area contributed by atoms with Crippen molar-refractivity contribution in [2.24, 2.45) is 5.92 Å². The van der Waals surface area contributed by atoms with Crippen molar-refractivity contribution in [2.75, 3.05) is 13.7 Å². The molecule has 2 saturated heterocycles. The minimum Gasteiger partial charge on any atom is -0.499 e. The molecule has 2 fully saturated rings. The molecule has 0 bridgehead atoms. The number of amides is 2. The van der Waals surface area contributed by atoms with Crippen molar-refractivity contribution in [1.82, 2.24) is 9.80 Å². The van der Waals surface area contributed by atoms with Crippen LogP contribution in [0.4, 0.5) is 13.2 Å². The first-order valence-corrected chi connectivity index (χ1v) is 6.39. The molecule has 0 spiro atoms. The van der Waals surface area contributed by atoms with E-state index >= 15 is 0 Å². The van der Waals surface area contributed by atoms with E-state index in [2.05, 4.69) is 0 Å². The maximum absolute atomic E-state index is 12.6. The Bertz CT molecular complexity index is 614. The Morgan fingerprint density at radius 1 is 1.36 bits per heavy atom. The fraction of sp³-hybridized carbons (Fsp3) is 0.583. The summed E-state index contributed by atoms with van der Waals surface area (Å²) in [7, 11) is 1.23. The Morgan fingerprint density at radius 2 is 2.00 bits per heavy atom. The van der Waals surface area contributed by atoms with Gasteiger partial charge in [-0.05, 0) is 0 Å². The molecular weight excluding hydrogens is 309 g/mol. The predicted octanol–water partition coefficient (Wildman–Crippen LogP) is -0.0672. The fourth-order valence-corrected chi connectivity index (χ4v) is 3.44. The van der Waals surface area contributed by atoms with Crippen LogP contribution in [0.15, 0.2) is 11.5 Å². The van der Waals surface area contributed by atoms with Crippen molar-refractivity contribution in [3.63, 3.8) is 0 Å². The number of allylic oxidation sites excluding steroid dienone is 1. The molecule has 0 radical (unpaired) electrons. The normalized spacial score (nSPS) is 30.2. The minimum atomic E-state index is -5.07. The van der Waals surface area contributed by atoms with Gasteiger partial charge in [0.15, 0.2) is 5.70 Å². The molecule has 10 heteroatoms. The van der Waals surface area contributed by atoms with Crippen LogP contribution in [-0.2, 0) is 19.1 Å². The lowest BCUT2D eigenvalue weighted by Crippen LogP contribution is -2.70. The van der Waals surface area contributed by atoms with Gasteiger partial charge in [0.25, 0.3) is 5.91 Å². The number of ether oxygens (including phenoxy) is 1. The number of carboxylic acid groups (broad SMARTS) is 1. The number of likely N-dealkylation sites (tertiary alicyclic amines) is 1. The Balaban J connectivity index is 1.95. The van der Waals surface area contributed by atoms with Crippen LogP contribution < -0.4 is 0 Å². The molecule has 0 aromatic carbocycles. The van der Waals surface area contributed by atoms with Gasteiger partial charge in [0.2, 0.25) is 0 Å². The third-order valence-corrected chi connectivity index (χ3v) is 4.27. The van der Waals surface area contributed by atoms with Crippen LogP contribution in [0, 0.1) is 5.92 Å². The predicted molar refractivity (Wildman–Crippen MR) is 62.0 cm³/mol. The molecule has 0 unspecified atom stereocenters. The number of carbonyl (C=O) groups excluding carboxylic acids is 2. The van der Waals surface area contributed by atoms with Crippen molar-refractivity contribution in [3.8, 4) is 0 Å². The Morgan fingerprint density at radius 3 is 2.50 bits per heavy atom. The smallest absolute Gasteiger partial charge is 0.471 e. The lowest BCUT2D eigenvalue weighted by molar-refractivity contribution is -0.190. The third-order valence-electron chi connectivity index (χ3n) is 4.27. The molecule has 0 aromatic rings. The summed E-state index contributed by atoms with van der Waals surface area (Å²) in [5.41, 5.74) is -0.355. The summed E-state index contributed by atoms with van der Waals surface area (Å²) in [6.45, 7) is -0.254. The van der Waals surface area contributed by atoms with E-state index in [1.807, 2.05) is 0 Å². The monoisotopic (exact) mass is 320 g/mol. The summed E-state index contributed by atoms with van der Waals surface area (Å²) in [6.07, 6.45) is -4.99. The number of halogens is 3. The molecule has 3 aliphatic rings. The van der Waals surface area contributed by atoms with E-state index in [9.17, 15) is 32.7 Å². The van der Waals surface area contributed by atoms with Crippen LogP contribution in [0.3, 0.4) is 0 Å².